The molecule has 0 aliphatic rings. The number of imidazole rings is 1. The number of benzene rings is 1. The number of hydrogen-bond acceptors (Lipinski definition) is 3. The molecule has 0 radical (unpaired) electrons. The summed E-state index contributed by atoms with van der Waals surface area (Å²) >= 11 is 0. The van der Waals surface area contributed by atoms with Crippen molar-refractivity contribution in [1.29, 1.82) is 0 Å². The molecular formula is C13H13N3O. The third-order valence-electron chi connectivity index (χ3n) is 2.90. The van der Waals surface area contributed by atoms with Gasteiger partial charge in [-0.1, -0.05) is 12.1 Å². The summed E-state index contributed by atoms with van der Waals surface area (Å²) in [6.45, 7) is 2.94. The highest BCUT2D eigenvalue weighted by molar-refractivity contribution is 5.83. The lowest BCUT2D eigenvalue weighted by molar-refractivity contribution is 0.568. The monoisotopic (exact) mass is 227 g/mol. The summed E-state index contributed by atoms with van der Waals surface area (Å²) in [5, 5.41) is 0. The van der Waals surface area contributed by atoms with E-state index in [1.807, 2.05) is 18.2 Å². The summed E-state index contributed by atoms with van der Waals surface area (Å²) in [6.07, 6.45) is 3.18. The quantitative estimate of drug-likeness (QED) is 0.732. The molecule has 2 heterocycles. The summed E-state index contributed by atoms with van der Waals surface area (Å²) in [4.78, 5) is 4.61. The van der Waals surface area contributed by atoms with Gasteiger partial charge >= 0.3 is 0 Å². The fourth-order valence-electron chi connectivity index (χ4n) is 2.09. The molecule has 4 nitrogen and oxygen atoms in total. The van der Waals surface area contributed by atoms with Crippen LogP contribution in [-0.2, 0) is 6.54 Å². The first-order valence-electron chi connectivity index (χ1n) is 5.58. The van der Waals surface area contributed by atoms with Gasteiger partial charge in [-0.05, 0) is 19.1 Å². The normalized spacial score (nSPS) is 11.1. The molecule has 86 valence electrons. The molecule has 17 heavy (non-hydrogen) atoms. The largest absolute Gasteiger partial charge is 0.470 e. The van der Waals surface area contributed by atoms with Gasteiger partial charge in [-0.2, -0.15) is 0 Å². The second-order valence-corrected chi connectivity index (χ2v) is 3.91. The Bertz CT molecular complexity index is 666. The minimum atomic E-state index is 0.620. The smallest absolute Gasteiger partial charge is 0.146 e. The second kappa shape index (κ2) is 3.66. The molecule has 2 aromatic heterocycles. The van der Waals surface area contributed by atoms with Gasteiger partial charge in [0, 0.05) is 6.54 Å². The number of anilines is 1. The van der Waals surface area contributed by atoms with Crippen molar-refractivity contribution in [3.63, 3.8) is 0 Å². The Labute approximate surface area is 98.7 Å². The molecule has 0 amide bonds. The maximum atomic E-state index is 5.87. The fraction of sp³-hybridized carbons (Fsp3) is 0.154. The van der Waals surface area contributed by atoms with Crippen LogP contribution in [-0.4, -0.2) is 9.55 Å². The Morgan fingerprint density at radius 1 is 1.29 bits per heavy atom. The Hall–Kier alpha value is -2.23. The third-order valence-corrected chi connectivity index (χ3v) is 2.90. The van der Waals surface area contributed by atoms with Crippen molar-refractivity contribution in [3.05, 3.63) is 36.8 Å². The van der Waals surface area contributed by atoms with Crippen LogP contribution in [0, 0.1) is 0 Å². The number of aryl methyl sites for hydroxylation is 1. The van der Waals surface area contributed by atoms with Crippen molar-refractivity contribution < 1.29 is 4.42 Å². The van der Waals surface area contributed by atoms with E-state index in [0.29, 0.717) is 5.69 Å². The second-order valence-electron chi connectivity index (χ2n) is 3.91. The van der Waals surface area contributed by atoms with Crippen LogP contribution in [0.15, 0.2) is 41.2 Å². The third kappa shape index (κ3) is 1.41. The number of fused-ring (bicyclic) bond motifs is 1. The molecular weight excluding hydrogens is 214 g/mol. The van der Waals surface area contributed by atoms with Gasteiger partial charge in [-0.25, -0.2) is 4.98 Å². The van der Waals surface area contributed by atoms with Crippen molar-refractivity contribution in [2.24, 2.45) is 0 Å². The van der Waals surface area contributed by atoms with Gasteiger partial charge in [-0.3, -0.25) is 0 Å². The lowest BCUT2D eigenvalue weighted by atomic mass is 10.3. The lowest BCUT2D eigenvalue weighted by Gasteiger charge is -2.04. The maximum Gasteiger partial charge on any atom is 0.146 e. The number of nitrogens with two attached hydrogens (primary N) is 1. The predicted molar refractivity (Wildman–Crippen MR) is 67.5 cm³/mol. The molecule has 4 heteroatoms. The van der Waals surface area contributed by atoms with Crippen molar-refractivity contribution in [2.75, 3.05) is 5.73 Å². The molecule has 0 atom stereocenters. The molecule has 2 N–H and O–H groups in total. The van der Waals surface area contributed by atoms with Crippen LogP contribution in [0.1, 0.15) is 6.92 Å². The summed E-state index contributed by atoms with van der Waals surface area (Å²) in [6, 6.07) is 8.06. The lowest BCUT2D eigenvalue weighted by Crippen LogP contribution is -1.98. The number of rotatable bonds is 2. The zero-order valence-corrected chi connectivity index (χ0v) is 9.55. The van der Waals surface area contributed by atoms with E-state index in [0.717, 1.165) is 29.0 Å². The van der Waals surface area contributed by atoms with Crippen LogP contribution in [0.4, 0.5) is 5.69 Å². The maximum absolute atomic E-state index is 5.87. The highest BCUT2D eigenvalue weighted by atomic mass is 16.3. The van der Waals surface area contributed by atoms with E-state index < -0.39 is 0 Å². The number of aromatic nitrogens is 2. The molecule has 0 saturated carbocycles. The highest BCUT2D eigenvalue weighted by Crippen LogP contribution is 2.29. The number of nitrogen functional groups attached to an aromatic ring is 1. The van der Waals surface area contributed by atoms with Crippen LogP contribution < -0.4 is 5.73 Å². The number of furan rings is 1. The van der Waals surface area contributed by atoms with Crippen molar-refractivity contribution in [3.8, 4) is 11.4 Å². The molecule has 3 rings (SSSR count). The van der Waals surface area contributed by atoms with E-state index in [9.17, 15) is 0 Å². The first kappa shape index (κ1) is 9.96. The van der Waals surface area contributed by atoms with Crippen LogP contribution in [0.3, 0.4) is 0 Å². The Balaban J connectivity index is 2.33. The molecule has 0 aliphatic heterocycles. The molecule has 1 aromatic carbocycles. The SMILES string of the molecule is CCn1c(-c2cocc2N)nc2ccccc21. The Morgan fingerprint density at radius 3 is 2.82 bits per heavy atom. The van der Waals surface area contributed by atoms with Gasteiger partial charge in [0.05, 0.1) is 22.3 Å². The minimum Gasteiger partial charge on any atom is -0.470 e. The standard InChI is InChI=1S/C13H13N3O/c1-2-16-12-6-4-3-5-11(12)15-13(16)9-7-17-8-10(9)14/h3-8H,2,14H2,1H3. The summed E-state index contributed by atoms with van der Waals surface area (Å²) in [7, 11) is 0. The average molecular weight is 227 g/mol. The molecule has 0 aliphatic carbocycles. The average Bonchev–Trinajstić information content (AvgIpc) is 2.91. The van der Waals surface area contributed by atoms with Gasteiger partial charge in [0.1, 0.15) is 18.4 Å². The van der Waals surface area contributed by atoms with E-state index in [-0.39, 0.29) is 0 Å². The molecule has 0 saturated heterocycles. The number of nitrogens with zero attached hydrogens (tertiary/aromatic N) is 2. The number of para-hydroxylation sites is 2. The predicted octanol–water partition coefficient (Wildman–Crippen LogP) is 2.90. The minimum absolute atomic E-state index is 0.620. The molecule has 0 spiro atoms. The van der Waals surface area contributed by atoms with Crippen LogP contribution >= 0.6 is 0 Å². The van der Waals surface area contributed by atoms with E-state index >= 15 is 0 Å². The summed E-state index contributed by atoms with van der Waals surface area (Å²) < 4.78 is 7.25. The zero-order valence-electron chi connectivity index (χ0n) is 9.55. The summed E-state index contributed by atoms with van der Waals surface area (Å²) in [5.41, 5.74) is 9.43. The van der Waals surface area contributed by atoms with E-state index in [4.69, 9.17) is 10.2 Å². The van der Waals surface area contributed by atoms with E-state index in [1.54, 1.807) is 6.26 Å². The zero-order chi connectivity index (χ0) is 11.8. The van der Waals surface area contributed by atoms with Crippen LogP contribution in [0.5, 0.6) is 0 Å². The van der Waals surface area contributed by atoms with Crippen molar-refractivity contribution >= 4 is 16.7 Å². The molecule has 0 fully saturated rings. The highest BCUT2D eigenvalue weighted by Gasteiger charge is 2.14. The van der Waals surface area contributed by atoms with Gasteiger partial charge in [0.15, 0.2) is 0 Å². The molecule has 0 bridgehead atoms. The number of hydrogen-bond donors (Lipinski definition) is 1. The van der Waals surface area contributed by atoms with E-state index in [2.05, 4.69) is 22.5 Å². The van der Waals surface area contributed by atoms with Crippen molar-refractivity contribution in [1.82, 2.24) is 9.55 Å². The first-order valence-corrected chi connectivity index (χ1v) is 5.58. The van der Waals surface area contributed by atoms with Gasteiger partial charge in [0.2, 0.25) is 0 Å². The van der Waals surface area contributed by atoms with Crippen molar-refractivity contribution in [2.45, 2.75) is 13.5 Å². The molecule has 3 aromatic rings. The topological polar surface area (TPSA) is 57.0 Å². The first-order chi connectivity index (χ1) is 8.31. The fourth-order valence-corrected chi connectivity index (χ4v) is 2.09. The van der Waals surface area contributed by atoms with Crippen LogP contribution in [0.2, 0.25) is 0 Å². The Morgan fingerprint density at radius 2 is 2.12 bits per heavy atom. The molecule has 0 unspecified atom stereocenters. The van der Waals surface area contributed by atoms with Gasteiger partial charge in [0.25, 0.3) is 0 Å². The van der Waals surface area contributed by atoms with E-state index in [1.165, 1.54) is 6.26 Å². The van der Waals surface area contributed by atoms with Gasteiger partial charge in [-0.15, -0.1) is 0 Å². The van der Waals surface area contributed by atoms with Crippen LogP contribution in [0.25, 0.3) is 22.4 Å². The summed E-state index contributed by atoms with van der Waals surface area (Å²) in [5.74, 6) is 0.861. The Kier molecular flexibility index (Phi) is 2.14. The van der Waals surface area contributed by atoms with Gasteiger partial charge < -0.3 is 14.7 Å².